The molecule has 3 heteroatoms. The van der Waals surface area contributed by atoms with Crippen LogP contribution in [0.1, 0.15) is 26.3 Å². The van der Waals surface area contributed by atoms with Gasteiger partial charge < -0.3 is 9.41 Å². The van der Waals surface area contributed by atoms with Gasteiger partial charge in [-0.25, -0.2) is 12.1 Å². The van der Waals surface area contributed by atoms with Gasteiger partial charge in [-0.3, -0.25) is 0 Å². The summed E-state index contributed by atoms with van der Waals surface area (Å²) in [4.78, 5) is 0. The largest absolute Gasteiger partial charge is 3.00 e. The Morgan fingerprint density at radius 1 is 1.00 bits per heavy atom. The number of rotatable bonds is 1. The van der Waals surface area contributed by atoms with Crippen LogP contribution in [0, 0.1) is 5.41 Å². The van der Waals surface area contributed by atoms with Crippen molar-refractivity contribution in [3.63, 3.8) is 0 Å². The monoisotopic (exact) mass is 263 g/mol. The second kappa shape index (κ2) is 7.49. The predicted molar refractivity (Wildman–Crippen MR) is 45.2 cm³/mol. The molecule has 1 rings (SSSR count). The van der Waals surface area contributed by atoms with Crippen molar-refractivity contribution < 1.29 is 35.6 Å². The van der Waals surface area contributed by atoms with Gasteiger partial charge >= 0.3 is 26.2 Å². The second-order valence-corrected chi connectivity index (χ2v) is 4.03. The van der Waals surface area contributed by atoms with Gasteiger partial charge in [-0.05, 0) is 5.41 Å². The summed E-state index contributed by atoms with van der Waals surface area (Å²) in [6.07, 6.45) is 1.18. The average molecular weight is 264 g/mol. The Hall–Kier alpha value is 0.0931. The maximum absolute atomic E-state index is 2.26. The van der Waals surface area contributed by atoms with Crippen LogP contribution >= 0.6 is 0 Å². The third-order valence-electron chi connectivity index (χ3n) is 1.47. The van der Waals surface area contributed by atoms with E-state index in [0.717, 1.165) is 0 Å². The minimum Gasteiger partial charge on any atom is -1.00 e. The van der Waals surface area contributed by atoms with Gasteiger partial charge in [-0.15, -0.1) is 0 Å². The molecule has 0 spiro atoms. The van der Waals surface area contributed by atoms with E-state index in [0.29, 0.717) is 5.41 Å². The zero-order chi connectivity index (χ0) is 7.61. The molecule has 1 radical (unpaired) electrons. The predicted octanol–water partition coefficient (Wildman–Crippen LogP) is -3.00. The molecule has 0 unspecified atom stereocenters. The van der Waals surface area contributed by atoms with Crippen LogP contribution in [-0.4, -0.2) is 0 Å². The van der Waals surface area contributed by atoms with Gasteiger partial charge in [-0.1, -0.05) is 27.2 Å². The summed E-state index contributed by atoms with van der Waals surface area (Å²) < 4.78 is 0. The van der Waals surface area contributed by atoms with E-state index in [1.54, 1.807) is 0 Å². The Morgan fingerprint density at radius 3 is 1.69 bits per heavy atom. The van der Waals surface area contributed by atoms with Crippen LogP contribution in [0.3, 0.4) is 0 Å². The molecule has 0 amide bonds. The van der Waals surface area contributed by atoms with Crippen LogP contribution in [0.5, 0.6) is 0 Å². The summed E-state index contributed by atoms with van der Waals surface area (Å²) in [5.74, 6) is 0. The molecule has 0 saturated heterocycles. The van der Waals surface area contributed by atoms with Crippen LogP contribution in [0.15, 0.2) is 24.3 Å². The zero-order valence-corrected chi connectivity index (χ0v) is 10.7. The maximum Gasteiger partial charge on any atom is 3.00 e. The molecule has 1 aromatic carbocycles. The molecule has 0 nitrogen and oxygen atoms in total. The molecule has 0 N–H and O–H groups in total. The Morgan fingerprint density at radius 2 is 1.38 bits per heavy atom. The molecular weight excluding hydrogens is 249 g/mol. The number of hydrogen-bond acceptors (Lipinski definition) is 0. The molecule has 0 bridgehead atoms. The topological polar surface area (TPSA) is 0 Å². The van der Waals surface area contributed by atoms with Gasteiger partial charge in [0.25, 0.3) is 0 Å². The van der Waals surface area contributed by atoms with Crippen molar-refractivity contribution >= 4 is 0 Å². The minimum atomic E-state index is 0. The van der Waals surface area contributed by atoms with E-state index in [-0.39, 0.29) is 35.6 Å². The Bertz CT molecular complexity index is 187. The van der Waals surface area contributed by atoms with Crippen molar-refractivity contribution in [3.8, 4) is 0 Å². The zero-order valence-electron chi connectivity index (χ0n) is 8.27. The third kappa shape index (κ3) is 8.42. The third-order valence-corrected chi connectivity index (χ3v) is 1.47. The Labute approximate surface area is 98.0 Å². The van der Waals surface area contributed by atoms with Crippen molar-refractivity contribution in [2.45, 2.75) is 27.2 Å². The fourth-order valence-electron chi connectivity index (χ4n) is 1.14. The van der Waals surface area contributed by atoms with E-state index < -0.39 is 0 Å². The summed E-state index contributed by atoms with van der Waals surface area (Å²) in [6, 6.07) is 8.57. The number of halogens is 2. The van der Waals surface area contributed by atoms with Crippen molar-refractivity contribution in [1.29, 1.82) is 0 Å². The fourth-order valence-corrected chi connectivity index (χ4v) is 1.14. The molecule has 0 heterocycles. The first-order valence-corrected chi connectivity index (χ1v) is 3.78. The van der Waals surface area contributed by atoms with Gasteiger partial charge in [-0.2, -0.15) is 17.7 Å². The van der Waals surface area contributed by atoms with Gasteiger partial charge in [0.1, 0.15) is 0 Å². The van der Waals surface area contributed by atoms with Crippen LogP contribution in [0.4, 0.5) is 0 Å². The summed E-state index contributed by atoms with van der Waals surface area (Å²) in [5.41, 5.74) is 1.88. The molecule has 1 aromatic rings. The first kappa shape index (κ1) is 18.8. The van der Waals surface area contributed by atoms with Crippen LogP contribution in [-0.2, 0) is 32.6 Å². The fraction of sp³-hybridized carbons (Fsp3) is 0.500. The van der Waals surface area contributed by atoms with E-state index in [4.69, 9.17) is 0 Å². The number of hydrogen-bond donors (Lipinski definition) is 0. The first-order chi connectivity index (χ1) is 4.58. The van der Waals surface area contributed by atoms with E-state index in [2.05, 4.69) is 45.0 Å². The van der Waals surface area contributed by atoms with Gasteiger partial charge in [0.2, 0.25) is 0 Å². The molecule has 0 saturated carbocycles. The Kier molecular flexibility index (Phi) is 10.8. The molecule has 0 aromatic heterocycles. The van der Waals surface area contributed by atoms with Gasteiger partial charge in [0, 0.05) is 0 Å². The summed E-state index contributed by atoms with van der Waals surface area (Å²) in [7, 11) is 0. The van der Waals surface area contributed by atoms with Gasteiger partial charge in [0.15, 0.2) is 0 Å². The molecule has 13 heavy (non-hydrogen) atoms. The molecular formula is C10H15F2Zr. The SMILES string of the molecule is CC(C)(C)C[c-]1cccc1.[F-].[F-].[Zr+3]. The van der Waals surface area contributed by atoms with E-state index in [1.165, 1.54) is 12.0 Å². The van der Waals surface area contributed by atoms with E-state index >= 15 is 0 Å². The summed E-state index contributed by atoms with van der Waals surface area (Å²) in [5, 5.41) is 0. The average Bonchev–Trinajstić information content (AvgIpc) is 2.12. The van der Waals surface area contributed by atoms with Crippen molar-refractivity contribution in [2.24, 2.45) is 5.41 Å². The second-order valence-electron chi connectivity index (χ2n) is 4.03. The quantitative estimate of drug-likeness (QED) is 0.474. The van der Waals surface area contributed by atoms with E-state index in [1.807, 2.05) is 0 Å². The maximum atomic E-state index is 2.26. The van der Waals surface area contributed by atoms with Gasteiger partial charge in [0.05, 0.1) is 0 Å². The Balaban J connectivity index is -0.000000333. The minimum absolute atomic E-state index is 0. The smallest absolute Gasteiger partial charge is 1.00 e. The molecule has 0 fully saturated rings. The molecule has 73 valence electrons. The van der Waals surface area contributed by atoms with Crippen LogP contribution < -0.4 is 9.41 Å². The summed E-state index contributed by atoms with van der Waals surface area (Å²) in [6.45, 7) is 6.79. The molecule has 0 aliphatic rings. The normalized spacial score (nSPS) is 9.15. The van der Waals surface area contributed by atoms with Crippen molar-refractivity contribution in [3.05, 3.63) is 29.8 Å². The van der Waals surface area contributed by atoms with Crippen LogP contribution in [0.2, 0.25) is 0 Å². The van der Waals surface area contributed by atoms with Crippen molar-refractivity contribution in [1.82, 2.24) is 0 Å². The first-order valence-electron chi connectivity index (χ1n) is 3.78. The van der Waals surface area contributed by atoms with Crippen LogP contribution in [0.25, 0.3) is 0 Å². The van der Waals surface area contributed by atoms with Crippen molar-refractivity contribution in [2.75, 3.05) is 0 Å². The van der Waals surface area contributed by atoms with E-state index in [9.17, 15) is 0 Å². The molecule has 0 aliphatic heterocycles. The standard InChI is InChI=1S/C10H15.2FH.Zr/c1-10(2,3)8-9-6-4-5-7-9;;;/h4-7H,8H2,1-3H3;2*1H;/q-1;;;+3/p-2. The molecule has 0 aliphatic carbocycles. The summed E-state index contributed by atoms with van der Waals surface area (Å²) >= 11 is 0. The molecule has 0 atom stereocenters.